The van der Waals surface area contributed by atoms with Crippen LogP contribution in [-0.4, -0.2) is 11.7 Å². The van der Waals surface area contributed by atoms with Crippen molar-refractivity contribution in [1.82, 2.24) is 5.32 Å². The van der Waals surface area contributed by atoms with Crippen molar-refractivity contribution in [2.24, 2.45) is 0 Å². The van der Waals surface area contributed by atoms with E-state index in [9.17, 15) is 9.18 Å². The summed E-state index contributed by atoms with van der Waals surface area (Å²) in [6.45, 7) is 6.95. The Bertz CT molecular complexity index is 443. The summed E-state index contributed by atoms with van der Waals surface area (Å²) in [4.78, 5) is 11.5. The molecule has 1 rings (SSSR count). The quantitative estimate of drug-likeness (QED) is 0.882. The van der Waals surface area contributed by atoms with Gasteiger partial charge in [0, 0.05) is 5.56 Å². The van der Waals surface area contributed by atoms with Crippen LogP contribution in [-0.2, 0) is 4.74 Å². The zero-order valence-electron chi connectivity index (χ0n) is 10.9. The fourth-order valence-electron chi connectivity index (χ4n) is 1.42. The van der Waals surface area contributed by atoms with Crippen LogP contribution in [0.4, 0.5) is 9.18 Å². The lowest BCUT2D eigenvalue weighted by Gasteiger charge is -2.22. The van der Waals surface area contributed by atoms with Crippen LogP contribution in [0, 0.1) is 5.82 Å². The minimum atomic E-state index is -0.589. The molecule has 0 heterocycles. The molecule has 0 radical (unpaired) electrons. The highest BCUT2D eigenvalue weighted by Crippen LogP contribution is 2.23. The molecule has 0 aliphatic rings. The van der Waals surface area contributed by atoms with E-state index in [-0.39, 0.29) is 5.02 Å². The Morgan fingerprint density at radius 3 is 2.61 bits per heavy atom. The van der Waals surface area contributed by atoms with Crippen molar-refractivity contribution in [2.75, 3.05) is 0 Å². The van der Waals surface area contributed by atoms with Gasteiger partial charge in [-0.3, -0.25) is 0 Å². The van der Waals surface area contributed by atoms with Gasteiger partial charge in [-0.05, 0) is 33.8 Å². The van der Waals surface area contributed by atoms with Crippen molar-refractivity contribution < 1.29 is 13.9 Å². The summed E-state index contributed by atoms with van der Waals surface area (Å²) in [7, 11) is 0. The van der Waals surface area contributed by atoms with Gasteiger partial charge >= 0.3 is 6.09 Å². The summed E-state index contributed by atoms with van der Waals surface area (Å²) >= 11 is 5.68. The minimum absolute atomic E-state index is 0.0327. The highest BCUT2D eigenvalue weighted by molar-refractivity contribution is 6.30. The molecule has 0 aliphatic heterocycles. The average molecular weight is 274 g/mol. The fraction of sp³-hybridized carbons (Fsp3) is 0.462. The number of rotatable bonds is 2. The number of benzene rings is 1. The molecule has 0 saturated carbocycles. The number of alkyl carbamates (subject to hydrolysis) is 1. The van der Waals surface area contributed by atoms with E-state index in [4.69, 9.17) is 16.3 Å². The molecule has 0 aromatic heterocycles. The second-order valence-corrected chi connectivity index (χ2v) is 5.42. The summed E-state index contributed by atoms with van der Waals surface area (Å²) < 4.78 is 18.8. The topological polar surface area (TPSA) is 38.3 Å². The lowest BCUT2D eigenvalue weighted by atomic mass is 10.1. The van der Waals surface area contributed by atoms with Gasteiger partial charge in [0.15, 0.2) is 0 Å². The maximum atomic E-state index is 13.7. The molecule has 1 aromatic rings. The van der Waals surface area contributed by atoms with Gasteiger partial charge in [0.05, 0.1) is 11.1 Å². The first kappa shape index (κ1) is 14.8. The molecule has 1 amide bonds. The molecule has 1 aromatic carbocycles. The molecule has 1 N–H and O–H groups in total. The van der Waals surface area contributed by atoms with Gasteiger partial charge in [0.25, 0.3) is 0 Å². The average Bonchev–Trinajstić information content (AvgIpc) is 2.18. The van der Waals surface area contributed by atoms with E-state index in [0.717, 1.165) is 0 Å². The van der Waals surface area contributed by atoms with Gasteiger partial charge in [-0.2, -0.15) is 0 Å². The smallest absolute Gasteiger partial charge is 0.408 e. The van der Waals surface area contributed by atoms with Crippen LogP contribution in [0.3, 0.4) is 0 Å². The Kier molecular flexibility index (Phi) is 4.57. The molecule has 0 bridgehead atoms. The van der Waals surface area contributed by atoms with Gasteiger partial charge in [-0.1, -0.05) is 23.7 Å². The molecule has 18 heavy (non-hydrogen) atoms. The fourth-order valence-corrected chi connectivity index (χ4v) is 1.60. The minimum Gasteiger partial charge on any atom is -0.444 e. The Balaban J connectivity index is 2.74. The van der Waals surface area contributed by atoms with Gasteiger partial charge in [-0.25, -0.2) is 9.18 Å². The summed E-state index contributed by atoms with van der Waals surface area (Å²) in [5.41, 5.74) is -0.259. The van der Waals surface area contributed by atoms with E-state index >= 15 is 0 Å². The summed E-state index contributed by atoms with van der Waals surface area (Å²) in [5, 5.41) is 2.59. The maximum absolute atomic E-state index is 13.7. The molecule has 0 unspecified atom stereocenters. The summed E-state index contributed by atoms with van der Waals surface area (Å²) in [6.07, 6.45) is -0.589. The number of hydrogen-bond donors (Lipinski definition) is 1. The van der Waals surface area contributed by atoms with Gasteiger partial charge < -0.3 is 10.1 Å². The number of nitrogens with one attached hydrogen (secondary N) is 1. The van der Waals surface area contributed by atoms with E-state index in [2.05, 4.69) is 5.32 Å². The third kappa shape index (κ3) is 4.18. The number of hydrogen-bond acceptors (Lipinski definition) is 2. The molecule has 0 saturated heterocycles. The second kappa shape index (κ2) is 5.57. The van der Waals surface area contributed by atoms with Crippen molar-refractivity contribution in [1.29, 1.82) is 0 Å². The first-order valence-corrected chi connectivity index (χ1v) is 6.02. The Labute approximate surface area is 111 Å². The molecule has 100 valence electrons. The maximum Gasteiger partial charge on any atom is 0.408 e. The Morgan fingerprint density at radius 1 is 1.44 bits per heavy atom. The van der Waals surface area contributed by atoms with E-state index in [1.165, 1.54) is 6.07 Å². The number of halogens is 2. The molecule has 0 spiro atoms. The normalized spacial score (nSPS) is 13.0. The van der Waals surface area contributed by atoms with Crippen molar-refractivity contribution in [2.45, 2.75) is 39.3 Å². The van der Waals surface area contributed by atoms with Crippen molar-refractivity contribution in [3.05, 3.63) is 34.6 Å². The third-order valence-electron chi connectivity index (χ3n) is 2.18. The highest BCUT2D eigenvalue weighted by Gasteiger charge is 2.20. The zero-order valence-corrected chi connectivity index (χ0v) is 11.6. The van der Waals surface area contributed by atoms with Crippen molar-refractivity contribution in [3.8, 4) is 0 Å². The van der Waals surface area contributed by atoms with Crippen molar-refractivity contribution in [3.63, 3.8) is 0 Å². The van der Waals surface area contributed by atoms with Crippen LogP contribution >= 0.6 is 11.6 Å². The lowest BCUT2D eigenvalue weighted by molar-refractivity contribution is 0.0507. The van der Waals surface area contributed by atoms with E-state index in [1.807, 2.05) is 0 Å². The molecule has 0 aliphatic carbocycles. The molecule has 1 atom stereocenters. The molecule has 3 nitrogen and oxygen atoms in total. The molecule has 0 fully saturated rings. The van der Waals surface area contributed by atoms with Crippen LogP contribution in [0.15, 0.2) is 18.2 Å². The Morgan fingerprint density at radius 2 is 2.06 bits per heavy atom. The standard InChI is InChI=1S/C13H17ClFNO2/c1-8(16-12(17)18-13(2,3)4)9-6-5-7-10(14)11(9)15/h5-8H,1-4H3,(H,16,17)/t8-/m1/s1. The summed E-state index contributed by atoms with van der Waals surface area (Å²) in [6, 6.07) is 4.15. The number of ether oxygens (including phenoxy) is 1. The van der Waals surface area contributed by atoms with Crippen LogP contribution in [0.25, 0.3) is 0 Å². The number of amides is 1. The van der Waals surface area contributed by atoms with Gasteiger partial charge in [0.1, 0.15) is 11.4 Å². The molecular weight excluding hydrogens is 257 g/mol. The van der Waals surface area contributed by atoms with E-state index in [1.54, 1.807) is 39.8 Å². The number of carbonyl (C=O) groups excluding carboxylic acids is 1. The lowest BCUT2D eigenvalue weighted by Crippen LogP contribution is -2.34. The second-order valence-electron chi connectivity index (χ2n) is 5.01. The van der Waals surface area contributed by atoms with Gasteiger partial charge in [-0.15, -0.1) is 0 Å². The SMILES string of the molecule is C[C@@H](NC(=O)OC(C)(C)C)c1cccc(Cl)c1F. The van der Waals surface area contributed by atoms with Crippen LogP contribution in [0.2, 0.25) is 5.02 Å². The van der Waals surface area contributed by atoms with Gasteiger partial charge in [0.2, 0.25) is 0 Å². The molecule has 5 heteroatoms. The van der Waals surface area contributed by atoms with Crippen LogP contribution in [0.1, 0.15) is 39.3 Å². The first-order valence-electron chi connectivity index (χ1n) is 5.64. The third-order valence-corrected chi connectivity index (χ3v) is 2.47. The monoisotopic (exact) mass is 273 g/mol. The predicted octanol–water partition coefficient (Wildman–Crippen LogP) is 4.06. The first-order chi connectivity index (χ1) is 8.20. The number of carbonyl (C=O) groups is 1. The highest BCUT2D eigenvalue weighted by atomic mass is 35.5. The summed E-state index contributed by atoms with van der Waals surface area (Å²) in [5.74, 6) is -0.525. The zero-order chi connectivity index (χ0) is 13.9. The van der Waals surface area contributed by atoms with E-state index < -0.39 is 23.6 Å². The van der Waals surface area contributed by atoms with Crippen molar-refractivity contribution >= 4 is 17.7 Å². The predicted molar refractivity (Wildman–Crippen MR) is 69.2 cm³/mol. The largest absolute Gasteiger partial charge is 0.444 e. The Hall–Kier alpha value is -1.29. The van der Waals surface area contributed by atoms with E-state index in [0.29, 0.717) is 5.56 Å². The van der Waals surface area contributed by atoms with Crippen LogP contribution < -0.4 is 5.32 Å². The van der Waals surface area contributed by atoms with Crippen LogP contribution in [0.5, 0.6) is 0 Å². The molecular formula is C13H17ClFNO2.